The average Bonchev–Trinajstić information content (AvgIpc) is 3.11. The molecule has 1 N–H and O–H groups in total. The quantitative estimate of drug-likeness (QED) is 0.625. The number of nitrogens with one attached hydrogen (secondary N) is 1. The van der Waals surface area contributed by atoms with Crippen LogP contribution in [0.2, 0.25) is 0 Å². The third-order valence-electron chi connectivity index (χ3n) is 7.36. The van der Waals surface area contributed by atoms with Crippen molar-refractivity contribution >= 4 is 29.5 Å². The number of nitrogens with zero attached hydrogens (tertiary/aromatic N) is 2. The van der Waals surface area contributed by atoms with E-state index in [1.165, 1.54) is 0 Å². The molecule has 0 aliphatic carbocycles. The number of carbonyl (C=O) groups is 5. The third kappa shape index (κ3) is 4.87. The van der Waals surface area contributed by atoms with Crippen LogP contribution >= 0.6 is 0 Å². The normalized spacial score (nSPS) is 20.3. The number of piperidine rings is 2. The van der Waals surface area contributed by atoms with Crippen LogP contribution in [0.1, 0.15) is 68.7 Å². The van der Waals surface area contributed by atoms with E-state index in [4.69, 9.17) is 0 Å². The van der Waals surface area contributed by atoms with E-state index in [0.717, 1.165) is 47.9 Å². The molecular formula is C27H25F2N3O5. The lowest BCUT2D eigenvalue weighted by atomic mass is 9.89. The average molecular weight is 510 g/mol. The van der Waals surface area contributed by atoms with Crippen LogP contribution in [0.15, 0.2) is 36.4 Å². The number of likely N-dealkylation sites (tertiary alicyclic amines) is 1. The molecule has 0 saturated carbocycles. The fourth-order valence-electron chi connectivity index (χ4n) is 5.33. The van der Waals surface area contributed by atoms with E-state index in [9.17, 15) is 32.8 Å². The molecule has 0 aromatic heterocycles. The third-order valence-corrected chi connectivity index (χ3v) is 7.36. The second-order valence-electron chi connectivity index (χ2n) is 9.76. The van der Waals surface area contributed by atoms with Crippen LogP contribution in [0.5, 0.6) is 0 Å². The summed E-state index contributed by atoms with van der Waals surface area (Å²) in [6.45, 7) is 0.972. The minimum Gasteiger partial charge on any atom is -0.339 e. The molecule has 1 atom stereocenters. The van der Waals surface area contributed by atoms with Crippen LogP contribution in [-0.2, 0) is 16.0 Å². The van der Waals surface area contributed by atoms with Gasteiger partial charge in [0.05, 0.1) is 11.1 Å². The highest BCUT2D eigenvalue weighted by Crippen LogP contribution is 2.30. The van der Waals surface area contributed by atoms with Gasteiger partial charge in [0.1, 0.15) is 17.7 Å². The van der Waals surface area contributed by atoms with Crippen molar-refractivity contribution in [3.63, 3.8) is 0 Å². The maximum atomic E-state index is 13.5. The predicted molar refractivity (Wildman–Crippen MR) is 126 cm³/mol. The van der Waals surface area contributed by atoms with Gasteiger partial charge >= 0.3 is 0 Å². The highest BCUT2D eigenvalue weighted by atomic mass is 19.1. The Morgan fingerprint density at radius 2 is 1.57 bits per heavy atom. The van der Waals surface area contributed by atoms with Crippen molar-refractivity contribution in [3.8, 4) is 0 Å². The van der Waals surface area contributed by atoms with Crippen molar-refractivity contribution in [1.82, 2.24) is 15.1 Å². The van der Waals surface area contributed by atoms with E-state index in [1.54, 1.807) is 23.1 Å². The zero-order valence-corrected chi connectivity index (χ0v) is 20.0. The molecule has 0 radical (unpaired) electrons. The molecule has 37 heavy (non-hydrogen) atoms. The minimum absolute atomic E-state index is 0.000318. The van der Waals surface area contributed by atoms with Crippen LogP contribution in [0.4, 0.5) is 8.78 Å². The first-order chi connectivity index (χ1) is 17.7. The van der Waals surface area contributed by atoms with Gasteiger partial charge in [-0.2, -0.15) is 0 Å². The molecule has 3 aliphatic heterocycles. The number of benzene rings is 2. The van der Waals surface area contributed by atoms with E-state index in [-0.39, 0.29) is 35.4 Å². The van der Waals surface area contributed by atoms with Gasteiger partial charge in [-0.05, 0) is 67.9 Å². The molecule has 0 bridgehead atoms. The summed E-state index contributed by atoms with van der Waals surface area (Å²) in [6.07, 6.45) is 3.15. The Balaban J connectivity index is 1.18. The summed E-state index contributed by atoms with van der Waals surface area (Å²) < 4.78 is 26.9. The Bertz CT molecular complexity index is 1300. The number of fused-ring (bicyclic) bond motifs is 1. The molecule has 5 rings (SSSR count). The second-order valence-corrected chi connectivity index (χ2v) is 9.76. The van der Waals surface area contributed by atoms with Crippen LogP contribution in [-0.4, -0.2) is 58.5 Å². The van der Waals surface area contributed by atoms with Gasteiger partial charge in [-0.3, -0.25) is 34.2 Å². The van der Waals surface area contributed by atoms with E-state index < -0.39 is 41.3 Å². The van der Waals surface area contributed by atoms with Crippen LogP contribution in [0.25, 0.3) is 0 Å². The van der Waals surface area contributed by atoms with Gasteiger partial charge in [0.15, 0.2) is 0 Å². The number of halogens is 2. The summed E-state index contributed by atoms with van der Waals surface area (Å²) in [5.74, 6) is -3.75. The molecular weight excluding hydrogens is 484 g/mol. The highest BCUT2D eigenvalue weighted by molar-refractivity contribution is 6.23. The summed E-state index contributed by atoms with van der Waals surface area (Å²) in [5, 5.41) is 2.18. The topological polar surface area (TPSA) is 104 Å². The number of hydrogen-bond acceptors (Lipinski definition) is 5. The summed E-state index contributed by atoms with van der Waals surface area (Å²) in [7, 11) is 0. The summed E-state index contributed by atoms with van der Waals surface area (Å²) in [6, 6.07) is 6.92. The van der Waals surface area contributed by atoms with Crippen molar-refractivity contribution in [2.75, 3.05) is 13.1 Å². The Labute approximate surface area is 211 Å². The first-order valence-corrected chi connectivity index (χ1v) is 12.3. The first kappa shape index (κ1) is 24.7. The fourth-order valence-corrected chi connectivity index (χ4v) is 5.33. The molecule has 2 aromatic rings. The van der Waals surface area contributed by atoms with E-state index in [0.29, 0.717) is 25.4 Å². The molecule has 1 unspecified atom stereocenters. The molecule has 8 nitrogen and oxygen atoms in total. The number of hydrogen-bond donors (Lipinski definition) is 1. The minimum atomic E-state index is -0.995. The molecule has 5 amide bonds. The fraction of sp³-hybridized carbons (Fsp3) is 0.370. The molecule has 2 aromatic carbocycles. The van der Waals surface area contributed by atoms with Gasteiger partial charge < -0.3 is 4.90 Å². The predicted octanol–water partition coefficient (Wildman–Crippen LogP) is 2.85. The lowest BCUT2D eigenvalue weighted by Gasteiger charge is -2.32. The second kappa shape index (κ2) is 9.84. The maximum Gasteiger partial charge on any atom is 0.262 e. The number of rotatable bonds is 5. The van der Waals surface area contributed by atoms with Gasteiger partial charge in [-0.15, -0.1) is 0 Å². The number of imide groups is 2. The Hall–Kier alpha value is -3.95. The van der Waals surface area contributed by atoms with E-state index in [1.807, 2.05) is 0 Å². The van der Waals surface area contributed by atoms with E-state index in [2.05, 4.69) is 5.32 Å². The summed E-state index contributed by atoms with van der Waals surface area (Å²) >= 11 is 0. The molecule has 2 fully saturated rings. The molecule has 10 heteroatoms. The van der Waals surface area contributed by atoms with Crippen molar-refractivity contribution in [1.29, 1.82) is 0 Å². The molecule has 192 valence electrons. The van der Waals surface area contributed by atoms with Gasteiger partial charge in [-0.1, -0.05) is 6.07 Å². The van der Waals surface area contributed by atoms with Crippen molar-refractivity contribution in [2.24, 2.45) is 5.92 Å². The summed E-state index contributed by atoms with van der Waals surface area (Å²) in [4.78, 5) is 64.7. The lowest BCUT2D eigenvalue weighted by molar-refractivity contribution is -0.136. The van der Waals surface area contributed by atoms with Crippen LogP contribution < -0.4 is 5.32 Å². The highest BCUT2D eigenvalue weighted by Gasteiger charge is 2.44. The molecule has 2 saturated heterocycles. The van der Waals surface area contributed by atoms with Crippen molar-refractivity contribution in [2.45, 2.75) is 44.6 Å². The maximum absolute atomic E-state index is 13.5. The Morgan fingerprint density at radius 1 is 0.892 bits per heavy atom. The molecule has 0 spiro atoms. The summed E-state index contributed by atoms with van der Waals surface area (Å²) in [5.41, 5.74) is 1.40. The standard InChI is InChI=1S/C27H25F2N3O5/c28-18-12-17(13-19(29)14-18)25(35)31-9-7-15(8-10-31)1-2-16-3-4-20-21(11-16)27(37)32(26(20)36)22-5-6-23(33)30-24(22)34/h3-4,11-15,22H,1-2,5-10H2,(H,30,33,34). The van der Waals surface area contributed by atoms with Gasteiger partial charge in [0.2, 0.25) is 11.8 Å². The van der Waals surface area contributed by atoms with Gasteiger partial charge in [-0.25, -0.2) is 8.78 Å². The number of carbonyl (C=O) groups excluding carboxylic acids is 5. The lowest BCUT2D eigenvalue weighted by Crippen LogP contribution is -2.54. The van der Waals surface area contributed by atoms with Crippen molar-refractivity contribution in [3.05, 3.63) is 70.3 Å². The van der Waals surface area contributed by atoms with Crippen LogP contribution in [0.3, 0.4) is 0 Å². The first-order valence-electron chi connectivity index (χ1n) is 12.3. The smallest absolute Gasteiger partial charge is 0.262 e. The zero-order chi connectivity index (χ0) is 26.3. The van der Waals surface area contributed by atoms with Crippen LogP contribution in [0, 0.1) is 17.6 Å². The monoisotopic (exact) mass is 509 g/mol. The molecule has 3 heterocycles. The molecule has 3 aliphatic rings. The number of aryl methyl sites for hydroxylation is 1. The Morgan fingerprint density at radius 3 is 2.24 bits per heavy atom. The zero-order valence-electron chi connectivity index (χ0n) is 20.0. The largest absolute Gasteiger partial charge is 0.339 e. The van der Waals surface area contributed by atoms with Gasteiger partial charge in [0, 0.05) is 31.1 Å². The SMILES string of the molecule is O=C1CCC(N2C(=O)c3ccc(CCC4CCN(C(=O)c5cc(F)cc(F)c5)CC4)cc3C2=O)C(=O)N1. The van der Waals surface area contributed by atoms with Crippen molar-refractivity contribution < 1.29 is 32.8 Å². The number of amides is 5. The van der Waals surface area contributed by atoms with Gasteiger partial charge in [0.25, 0.3) is 17.7 Å². The Kier molecular flexibility index (Phi) is 6.57. The van der Waals surface area contributed by atoms with E-state index >= 15 is 0 Å².